The molecule has 6 heteroatoms. The lowest BCUT2D eigenvalue weighted by Gasteiger charge is -2.09. The number of nitrogens with zero attached hydrogens (tertiary/aromatic N) is 3. The van der Waals surface area contributed by atoms with Gasteiger partial charge in [-0.3, -0.25) is 0 Å². The number of aromatic nitrogens is 3. The van der Waals surface area contributed by atoms with Gasteiger partial charge in [-0.1, -0.05) is 182 Å². The Labute approximate surface area is 404 Å². The van der Waals surface area contributed by atoms with Crippen molar-refractivity contribution in [2.45, 2.75) is 0 Å². The van der Waals surface area contributed by atoms with Crippen molar-refractivity contribution < 1.29 is 8.83 Å². The molecule has 0 saturated heterocycles. The number of para-hydroxylation sites is 6. The van der Waals surface area contributed by atoms with E-state index in [0.29, 0.717) is 5.82 Å². The minimum atomic E-state index is 0.673. The first-order valence-electron chi connectivity index (χ1n) is 23.5. The highest BCUT2D eigenvalue weighted by atomic mass is 32.1. The Morgan fingerprint density at radius 1 is 0.343 bits per heavy atom. The number of hydrogen-bond acceptors (Lipinski definition) is 5. The fourth-order valence-corrected chi connectivity index (χ4v) is 12.1. The second-order valence-corrected chi connectivity index (χ2v) is 19.0. The molecule has 0 spiro atoms. The van der Waals surface area contributed by atoms with Crippen molar-refractivity contribution in [2.75, 3.05) is 0 Å². The average Bonchev–Trinajstić information content (AvgIpc) is 4.20. The van der Waals surface area contributed by atoms with Gasteiger partial charge >= 0.3 is 0 Å². The van der Waals surface area contributed by atoms with E-state index in [0.717, 1.165) is 110 Å². The maximum absolute atomic E-state index is 6.47. The van der Waals surface area contributed by atoms with Crippen LogP contribution >= 0.6 is 11.3 Å². The molecule has 326 valence electrons. The summed E-state index contributed by atoms with van der Waals surface area (Å²) in [4.78, 5) is 10.9. The number of benzene rings is 10. The third-order valence-corrected chi connectivity index (χ3v) is 15.3. The molecule has 0 saturated carbocycles. The number of hydrogen-bond donors (Lipinski definition) is 0. The summed E-state index contributed by atoms with van der Waals surface area (Å²) in [5.74, 6) is 0.673. The van der Waals surface area contributed by atoms with E-state index in [-0.39, 0.29) is 0 Å². The van der Waals surface area contributed by atoms with Gasteiger partial charge in [-0.25, -0.2) is 9.97 Å². The summed E-state index contributed by atoms with van der Waals surface area (Å²) in [5.41, 5.74) is 17.5. The fraction of sp³-hybridized carbons (Fsp3) is 0. The van der Waals surface area contributed by atoms with Gasteiger partial charge in [0.2, 0.25) is 0 Å². The third kappa shape index (κ3) is 5.90. The highest BCUT2D eigenvalue weighted by molar-refractivity contribution is 7.26. The molecule has 5 aromatic heterocycles. The molecule has 0 fully saturated rings. The summed E-state index contributed by atoms with van der Waals surface area (Å²) < 4.78 is 17.5. The zero-order valence-electron chi connectivity index (χ0n) is 37.4. The molecule has 0 N–H and O–H groups in total. The van der Waals surface area contributed by atoms with E-state index < -0.39 is 0 Å². The van der Waals surface area contributed by atoms with E-state index in [1.807, 2.05) is 24.3 Å². The Kier molecular flexibility index (Phi) is 8.46. The Balaban J connectivity index is 0.898. The molecule has 0 unspecified atom stereocenters. The topological polar surface area (TPSA) is 57.0 Å². The van der Waals surface area contributed by atoms with Crippen LogP contribution in [0.5, 0.6) is 0 Å². The summed E-state index contributed by atoms with van der Waals surface area (Å²) in [6.07, 6.45) is 0. The zero-order valence-corrected chi connectivity index (χ0v) is 38.2. The Bertz CT molecular complexity index is 4580. The number of thiophene rings is 1. The van der Waals surface area contributed by atoms with Crippen LogP contribution in [-0.2, 0) is 0 Å². The first-order chi connectivity index (χ1) is 34.7. The van der Waals surface area contributed by atoms with Crippen molar-refractivity contribution in [1.82, 2.24) is 14.5 Å². The van der Waals surface area contributed by atoms with Crippen LogP contribution in [0.25, 0.3) is 148 Å². The van der Waals surface area contributed by atoms with Crippen LogP contribution in [0, 0.1) is 0 Å². The van der Waals surface area contributed by atoms with E-state index in [9.17, 15) is 0 Å². The third-order valence-electron chi connectivity index (χ3n) is 14.1. The standard InChI is InChI=1S/C64H37N3O2S/c1-2-13-43(14-3-1)67-54-24-7-4-15-47(54)53-37-42(35-36-55(53)67)46-20-12-23-52-59-63(70-62(46)52)58(40-31-27-38(28-32-40)44-18-10-21-50-48-16-5-8-25-56(48)68-60(44)50)65-64(66-59)41-33-29-39(30-34-41)45-19-11-22-51-49-17-6-9-26-57(49)69-61(45)51/h1-37H. The van der Waals surface area contributed by atoms with Gasteiger partial charge in [0.25, 0.3) is 0 Å². The number of rotatable bonds is 6. The summed E-state index contributed by atoms with van der Waals surface area (Å²) >= 11 is 1.77. The molecule has 0 radical (unpaired) electrons. The molecule has 5 nitrogen and oxygen atoms in total. The van der Waals surface area contributed by atoms with Gasteiger partial charge < -0.3 is 13.4 Å². The van der Waals surface area contributed by atoms with Crippen LogP contribution in [0.3, 0.4) is 0 Å². The van der Waals surface area contributed by atoms with E-state index in [1.54, 1.807) is 11.3 Å². The molecule has 0 aliphatic rings. The van der Waals surface area contributed by atoms with Crippen LogP contribution in [-0.4, -0.2) is 14.5 Å². The molecule has 70 heavy (non-hydrogen) atoms. The Morgan fingerprint density at radius 3 is 1.53 bits per heavy atom. The Morgan fingerprint density at radius 2 is 0.857 bits per heavy atom. The molecule has 0 bridgehead atoms. The van der Waals surface area contributed by atoms with Crippen molar-refractivity contribution in [3.05, 3.63) is 224 Å². The van der Waals surface area contributed by atoms with E-state index in [4.69, 9.17) is 18.8 Å². The molecule has 5 heterocycles. The lowest BCUT2D eigenvalue weighted by molar-refractivity contribution is 0.669. The predicted octanol–water partition coefficient (Wildman–Crippen LogP) is 18.1. The quantitative estimate of drug-likeness (QED) is 0.167. The molecule has 0 amide bonds. The van der Waals surface area contributed by atoms with E-state index in [2.05, 4.69) is 205 Å². The molecular weight excluding hydrogens is 875 g/mol. The van der Waals surface area contributed by atoms with E-state index >= 15 is 0 Å². The molecule has 10 aromatic carbocycles. The van der Waals surface area contributed by atoms with Gasteiger partial charge in [-0.2, -0.15) is 0 Å². The maximum atomic E-state index is 6.47. The normalized spacial score (nSPS) is 12.0. The smallest absolute Gasteiger partial charge is 0.160 e. The van der Waals surface area contributed by atoms with Crippen LogP contribution in [0.1, 0.15) is 0 Å². The van der Waals surface area contributed by atoms with Gasteiger partial charge in [-0.15, -0.1) is 11.3 Å². The maximum Gasteiger partial charge on any atom is 0.160 e. The van der Waals surface area contributed by atoms with Gasteiger partial charge in [0.15, 0.2) is 5.82 Å². The fourth-order valence-electron chi connectivity index (χ4n) is 10.8. The first-order valence-corrected chi connectivity index (χ1v) is 24.4. The van der Waals surface area contributed by atoms with Gasteiger partial charge in [-0.05, 0) is 64.7 Å². The zero-order chi connectivity index (χ0) is 45.9. The lowest BCUT2D eigenvalue weighted by Crippen LogP contribution is -1.94. The summed E-state index contributed by atoms with van der Waals surface area (Å²) in [5, 5.41) is 8.01. The highest BCUT2D eigenvalue weighted by Gasteiger charge is 2.21. The van der Waals surface area contributed by atoms with Crippen LogP contribution in [0.2, 0.25) is 0 Å². The monoisotopic (exact) mass is 911 g/mol. The average molecular weight is 912 g/mol. The Hall–Kier alpha value is -9.10. The van der Waals surface area contributed by atoms with Crippen molar-refractivity contribution >= 4 is 97.3 Å². The molecule has 15 rings (SSSR count). The number of furan rings is 2. The molecule has 0 atom stereocenters. The lowest BCUT2D eigenvalue weighted by atomic mass is 9.99. The predicted molar refractivity (Wildman–Crippen MR) is 291 cm³/mol. The van der Waals surface area contributed by atoms with Crippen LogP contribution in [0.15, 0.2) is 233 Å². The SMILES string of the molecule is c1ccc(-n2c3ccccc3c3cc(-c4cccc5c4sc4c(-c6ccc(-c7cccc8c7oc7ccccc78)cc6)nc(-c6ccc(-c7cccc8c7oc7ccccc78)cc6)nc45)ccc32)cc1. The first kappa shape index (κ1) is 38.9. The van der Waals surface area contributed by atoms with Crippen molar-refractivity contribution in [1.29, 1.82) is 0 Å². The minimum Gasteiger partial charge on any atom is -0.455 e. The minimum absolute atomic E-state index is 0.673. The largest absolute Gasteiger partial charge is 0.455 e. The van der Waals surface area contributed by atoms with Gasteiger partial charge in [0, 0.05) is 70.3 Å². The molecule has 0 aliphatic heterocycles. The van der Waals surface area contributed by atoms with Crippen molar-refractivity contribution in [3.8, 4) is 61.7 Å². The molecular formula is C64H37N3O2S. The van der Waals surface area contributed by atoms with Crippen LogP contribution in [0.4, 0.5) is 0 Å². The van der Waals surface area contributed by atoms with Gasteiger partial charge in [0.05, 0.1) is 26.9 Å². The van der Waals surface area contributed by atoms with Crippen molar-refractivity contribution in [3.63, 3.8) is 0 Å². The van der Waals surface area contributed by atoms with E-state index in [1.165, 1.54) is 32.1 Å². The van der Waals surface area contributed by atoms with Gasteiger partial charge in [0.1, 0.15) is 22.3 Å². The summed E-state index contributed by atoms with van der Waals surface area (Å²) in [7, 11) is 0. The van der Waals surface area contributed by atoms with Crippen LogP contribution < -0.4 is 0 Å². The molecule has 15 aromatic rings. The number of fused-ring (bicyclic) bond motifs is 12. The highest BCUT2D eigenvalue weighted by Crippen LogP contribution is 2.46. The summed E-state index contributed by atoms with van der Waals surface area (Å²) in [6, 6.07) is 79.5. The second kappa shape index (κ2) is 15.2. The second-order valence-electron chi connectivity index (χ2n) is 18.0. The van der Waals surface area contributed by atoms with Crippen molar-refractivity contribution in [2.24, 2.45) is 0 Å². The molecule has 0 aliphatic carbocycles. The summed E-state index contributed by atoms with van der Waals surface area (Å²) in [6.45, 7) is 0.